The van der Waals surface area contributed by atoms with Crippen molar-refractivity contribution >= 4 is 46.4 Å². The highest BCUT2D eigenvalue weighted by molar-refractivity contribution is 6.59. The molecule has 0 saturated heterocycles. The van der Waals surface area contributed by atoms with E-state index < -0.39 is 9.17 Å². The molecule has 1 N–H and O–H groups in total. The number of alkyl halides is 4. The second-order valence-corrected chi connectivity index (χ2v) is 4.17. The average molecular weight is 212 g/mol. The van der Waals surface area contributed by atoms with Crippen molar-refractivity contribution in [1.82, 2.24) is 0 Å². The van der Waals surface area contributed by atoms with E-state index in [0.29, 0.717) is 0 Å². The van der Waals surface area contributed by atoms with Gasteiger partial charge < -0.3 is 5.11 Å². The molecular formula is C4H6Cl4O. The van der Waals surface area contributed by atoms with Crippen molar-refractivity contribution in [1.29, 1.82) is 0 Å². The molecule has 0 aromatic rings. The molecule has 0 aliphatic carbocycles. The lowest BCUT2D eigenvalue weighted by molar-refractivity contribution is 0.283. The van der Waals surface area contributed by atoms with Crippen molar-refractivity contribution in [2.45, 2.75) is 15.6 Å². The maximum atomic E-state index is 8.36. The predicted molar refractivity (Wildman–Crippen MR) is 41.6 cm³/mol. The molecule has 0 heterocycles. The summed E-state index contributed by atoms with van der Waals surface area (Å²) in [4.78, 5) is -0.868. The Kier molecular flexibility index (Phi) is 4.60. The van der Waals surface area contributed by atoms with Gasteiger partial charge in [0.1, 0.15) is 9.17 Å². The first-order valence-corrected chi connectivity index (χ1v) is 3.90. The third-order valence-corrected chi connectivity index (χ3v) is 2.77. The van der Waals surface area contributed by atoms with Crippen molar-refractivity contribution in [3.8, 4) is 0 Å². The number of halogens is 4. The Hall–Kier alpha value is 1.12. The third-order valence-electron chi connectivity index (χ3n) is 0.764. The summed E-state index contributed by atoms with van der Waals surface area (Å²) in [5.74, 6) is 0. The molecule has 0 aliphatic heterocycles. The lowest BCUT2D eigenvalue weighted by Gasteiger charge is -2.18. The Labute approximate surface area is 73.8 Å². The topological polar surface area (TPSA) is 20.2 Å². The molecule has 0 radical (unpaired) electrons. The molecule has 0 unspecified atom stereocenters. The van der Waals surface area contributed by atoms with Gasteiger partial charge in [0, 0.05) is 13.0 Å². The SMILES string of the molecule is OCCC(Cl)(Cl)C(Cl)Cl. The highest BCUT2D eigenvalue weighted by atomic mass is 35.5. The van der Waals surface area contributed by atoms with Gasteiger partial charge in [0.05, 0.1) is 0 Å². The van der Waals surface area contributed by atoms with Crippen LogP contribution in [0.2, 0.25) is 0 Å². The van der Waals surface area contributed by atoms with Gasteiger partial charge in [0.2, 0.25) is 0 Å². The van der Waals surface area contributed by atoms with Crippen LogP contribution in [0.1, 0.15) is 6.42 Å². The van der Waals surface area contributed by atoms with Crippen LogP contribution in [-0.2, 0) is 0 Å². The zero-order valence-corrected chi connectivity index (χ0v) is 7.47. The van der Waals surface area contributed by atoms with Crippen molar-refractivity contribution in [3.63, 3.8) is 0 Å². The molecule has 0 fully saturated rings. The van der Waals surface area contributed by atoms with Crippen molar-refractivity contribution in [2.24, 2.45) is 0 Å². The zero-order chi connectivity index (χ0) is 7.49. The molecule has 0 aliphatic rings. The van der Waals surface area contributed by atoms with Gasteiger partial charge in [-0.15, -0.1) is 23.2 Å². The Morgan fingerprint density at radius 1 is 1.33 bits per heavy atom. The van der Waals surface area contributed by atoms with E-state index in [9.17, 15) is 0 Å². The first kappa shape index (κ1) is 10.1. The van der Waals surface area contributed by atoms with Crippen LogP contribution in [0.3, 0.4) is 0 Å². The molecule has 5 heteroatoms. The van der Waals surface area contributed by atoms with E-state index in [2.05, 4.69) is 0 Å². The molecule has 1 nitrogen and oxygen atoms in total. The molecule has 0 rings (SSSR count). The normalized spacial score (nSPS) is 12.7. The highest BCUT2D eigenvalue weighted by Crippen LogP contribution is 2.34. The van der Waals surface area contributed by atoms with Crippen LogP contribution in [0.25, 0.3) is 0 Å². The molecule has 0 aromatic carbocycles. The van der Waals surface area contributed by atoms with Crippen LogP contribution in [-0.4, -0.2) is 20.9 Å². The second-order valence-electron chi connectivity index (χ2n) is 1.54. The summed E-state index contributed by atoms with van der Waals surface area (Å²) in [5, 5.41) is 8.36. The largest absolute Gasteiger partial charge is 0.396 e. The molecule has 0 saturated carbocycles. The van der Waals surface area contributed by atoms with E-state index in [-0.39, 0.29) is 13.0 Å². The molecule has 0 amide bonds. The van der Waals surface area contributed by atoms with E-state index in [0.717, 1.165) is 0 Å². The minimum absolute atomic E-state index is 0.122. The van der Waals surface area contributed by atoms with E-state index in [4.69, 9.17) is 51.5 Å². The van der Waals surface area contributed by atoms with Crippen molar-refractivity contribution < 1.29 is 5.11 Å². The van der Waals surface area contributed by atoms with Crippen LogP contribution < -0.4 is 0 Å². The number of hydrogen-bond donors (Lipinski definition) is 1. The summed E-state index contributed by atoms with van der Waals surface area (Å²) in [6, 6.07) is 0. The maximum absolute atomic E-state index is 8.36. The molecule has 9 heavy (non-hydrogen) atoms. The lowest BCUT2D eigenvalue weighted by Crippen LogP contribution is -2.22. The number of rotatable bonds is 3. The first-order chi connectivity index (χ1) is 4.00. The van der Waals surface area contributed by atoms with E-state index in [1.54, 1.807) is 0 Å². The van der Waals surface area contributed by atoms with E-state index in [1.165, 1.54) is 0 Å². The van der Waals surface area contributed by atoms with Crippen LogP contribution in [0.4, 0.5) is 0 Å². The summed E-state index contributed by atoms with van der Waals surface area (Å²) < 4.78 is -1.22. The van der Waals surface area contributed by atoms with Crippen LogP contribution in [0, 0.1) is 0 Å². The average Bonchev–Trinajstić information content (AvgIpc) is 1.65. The number of aliphatic hydroxyl groups excluding tert-OH is 1. The monoisotopic (exact) mass is 210 g/mol. The lowest BCUT2D eigenvalue weighted by atomic mass is 10.3. The zero-order valence-electron chi connectivity index (χ0n) is 4.45. The van der Waals surface area contributed by atoms with Crippen molar-refractivity contribution in [2.75, 3.05) is 6.61 Å². The van der Waals surface area contributed by atoms with Gasteiger partial charge in [-0.3, -0.25) is 0 Å². The van der Waals surface area contributed by atoms with Crippen LogP contribution in [0.5, 0.6) is 0 Å². The van der Waals surface area contributed by atoms with Gasteiger partial charge in [-0.2, -0.15) is 0 Å². The van der Waals surface area contributed by atoms with Gasteiger partial charge >= 0.3 is 0 Å². The highest BCUT2D eigenvalue weighted by Gasteiger charge is 2.31. The fourth-order valence-electron chi connectivity index (χ4n) is 0.258. The summed E-state index contributed by atoms with van der Waals surface area (Å²) in [6.45, 7) is -0.122. The summed E-state index contributed by atoms with van der Waals surface area (Å²) >= 11 is 21.7. The van der Waals surface area contributed by atoms with Gasteiger partial charge in [-0.1, -0.05) is 23.2 Å². The quantitative estimate of drug-likeness (QED) is 0.711. The number of hydrogen-bond acceptors (Lipinski definition) is 1. The summed E-state index contributed by atoms with van der Waals surface area (Å²) in [6.07, 6.45) is 0.174. The predicted octanol–water partition coefficient (Wildman–Crippen LogP) is 2.35. The van der Waals surface area contributed by atoms with E-state index >= 15 is 0 Å². The standard InChI is InChI=1S/C4H6Cl4O/c5-3(6)4(7,8)1-2-9/h3,9H,1-2H2. The Bertz CT molecular complexity index is 82.6. The molecule has 0 bridgehead atoms. The third kappa shape index (κ3) is 3.74. The van der Waals surface area contributed by atoms with Crippen molar-refractivity contribution in [3.05, 3.63) is 0 Å². The summed E-state index contributed by atoms with van der Waals surface area (Å²) in [5.41, 5.74) is 0. The fraction of sp³-hybridized carbons (Fsp3) is 1.00. The Morgan fingerprint density at radius 2 is 1.78 bits per heavy atom. The summed E-state index contributed by atoms with van der Waals surface area (Å²) in [7, 11) is 0. The fourth-order valence-corrected chi connectivity index (χ4v) is 0.645. The molecule has 0 spiro atoms. The Balaban J connectivity index is 3.70. The first-order valence-electron chi connectivity index (χ1n) is 2.27. The van der Waals surface area contributed by atoms with Crippen LogP contribution in [0.15, 0.2) is 0 Å². The van der Waals surface area contributed by atoms with E-state index in [1.807, 2.05) is 0 Å². The van der Waals surface area contributed by atoms with Gasteiger partial charge in [-0.05, 0) is 0 Å². The van der Waals surface area contributed by atoms with Gasteiger partial charge in [0.25, 0.3) is 0 Å². The maximum Gasteiger partial charge on any atom is 0.150 e. The molecule has 56 valence electrons. The Morgan fingerprint density at radius 3 is 1.89 bits per heavy atom. The second kappa shape index (κ2) is 4.09. The molecular weight excluding hydrogens is 206 g/mol. The van der Waals surface area contributed by atoms with Crippen LogP contribution >= 0.6 is 46.4 Å². The smallest absolute Gasteiger partial charge is 0.150 e. The number of aliphatic hydroxyl groups is 1. The van der Waals surface area contributed by atoms with Gasteiger partial charge in [-0.25, -0.2) is 0 Å². The minimum atomic E-state index is -1.22. The minimum Gasteiger partial charge on any atom is -0.396 e. The molecule has 0 atom stereocenters. The molecule has 0 aromatic heterocycles. The van der Waals surface area contributed by atoms with Gasteiger partial charge in [0.15, 0.2) is 0 Å².